The van der Waals surface area contributed by atoms with Crippen molar-refractivity contribution >= 4 is 0 Å². The van der Waals surface area contributed by atoms with Crippen LogP contribution in [0, 0.1) is 0 Å². The Balaban J connectivity index is 1.76. The van der Waals surface area contributed by atoms with Gasteiger partial charge in [-0.1, -0.05) is 12.1 Å². The molecule has 5 heteroatoms. The average Bonchev–Trinajstić information content (AvgIpc) is 2.47. The van der Waals surface area contributed by atoms with E-state index in [0.29, 0.717) is 13.2 Å². The maximum Gasteiger partial charge on any atom is 0.119 e. The maximum atomic E-state index is 9.76. The second-order valence-electron chi connectivity index (χ2n) is 5.77. The van der Waals surface area contributed by atoms with Crippen molar-refractivity contribution in [2.75, 3.05) is 40.4 Å². The van der Waals surface area contributed by atoms with Crippen molar-refractivity contribution in [1.29, 1.82) is 0 Å². The van der Waals surface area contributed by atoms with E-state index in [4.69, 9.17) is 9.57 Å². The molecule has 0 saturated carbocycles. The highest BCUT2D eigenvalue weighted by molar-refractivity contribution is 5.27. The second-order valence-corrected chi connectivity index (χ2v) is 5.77. The van der Waals surface area contributed by atoms with Crippen molar-refractivity contribution in [3.63, 3.8) is 0 Å². The Labute approximate surface area is 127 Å². The zero-order valence-electron chi connectivity index (χ0n) is 13.0. The Kier molecular flexibility index (Phi) is 6.45. The maximum absolute atomic E-state index is 9.76. The summed E-state index contributed by atoms with van der Waals surface area (Å²) in [6.45, 7) is 3.54. The number of rotatable bonds is 7. The van der Waals surface area contributed by atoms with E-state index in [1.807, 2.05) is 48.3 Å². The normalized spacial score (nSPS) is 17.9. The fraction of sp³-hybridized carbons (Fsp3) is 0.625. The topological polar surface area (TPSA) is 45.2 Å². The van der Waals surface area contributed by atoms with Crippen LogP contribution in [-0.2, 0) is 11.4 Å². The molecular formula is C16H26N2O3. The molecule has 5 nitrogen and oxygen atoms in total. The van der Waals surface area contributed by atoms with E-state index in [9.17, 15) is 5.11 Å². The monoisotopic (exact) mass is 294 g/mol. The smallest absolute Gasteiger partial charge is 0.119 e. The lowest BCUT2D eigenvalue weighted by atomic mass is 10.2. The Morgan fingerprint density at radius 2 is 2.05 bits per heavy atom. The molecule has 21 heavy (non-hydrogen) atoms. The van der Waals surface area contributed by atoms with E-state index in [2.05, 4.69) is 0 Å². The lowest BCUT2D eigenvalue weighted by Gasteiger charge is -2.26. The number of aliphatic hydroxyl groups is 1. The molecule has 0 spiro atoms. The van der Waals surface area contributed by atoms with Gasteiger partial charge >= 0.3 is 0 Å². The molecule has 118 valence electrons. The van der Waals surface area contributed by atoms with Crippen LogP contribution < -0.4 is 4.74 Å². The van der Waals surface area contributed by atoms with E-state index < -0.39 is 6.10 Å². The highest BCUT2D eigenvalue weighted by Gasteiger charge is 2.11. The van der Waals surface area contributed by atoms with Gasteiger partial charge in [-0.15, -0.1) is 0 Å². The van der Waals surface area contributed by atoms with Crippen molar-refractivity contribution < 1.29 is 14.7 Å². The molecule has 1 N–H and O–H groups in total. The third-order valence-electron chi connectivity index (χ3n) is 3.38. The molecule has 1 aliphatic heterocycles. The molecule has 1 heterocycles. The minimum absolute atomic E-state index is 0.312. The van der Waals surface area contributed by atoms with Crippen molar-refractivity contribution in [2.45, 2.75) is 25.5 Å². The second kappa shape index (κ2) is 8.34. The van der Waals surface area contributed by atoms with Crippen LogP contribution in [0.3, 0.4) is 0 Å². The molecule has 1 atom stereocenters. The van der Waals surface area contributed by atoms with Crippen LogP contribution in [0.2, 0.25) is 0 Å². The van der Waals surface area contributed by atoms with E-state index in [1.54, 1.807) is 0 Å². The zero-order valence-corrected chi connectivity index (χ0v) is 13.0. The van der Waals surface area contributed by atoms with Crippen molar-refractivity contribution in [2.24, 2.45) is 0 Å². The van der Waals surface area contributed by atoms with Crippen LogP contribution in [-0.4, -0.2) is 61.6 Å². The summed E-state index contributed by atoms with van der Waals surface area (Å²) in [5.41, 5.74) is 1.21. The Hall–Kier alpha value is -1.14. The lowest BCUT2D eigenvalue weighted by Crippen LogP contribution is -2.30. The van der Waals surface area contributed by atoms with E-state index in [0.717, 1.165) is 31.9 Å². The molecule has 1 saturated heterocycles. The molecule has 2 rings (SSSR count). The molecule has 0 aromatic heterocycles. The fourth-order valence-corrected chi connectivity index (χ4v) is 2.33. The van der Waals surface area contributed by atoms with Crippen LogP contribution in [0.4, 0.5) is 0 Å². The van der Waals surface area contributed by atoms with Crippen molar-refractivity contribution in [3.8, 4) is 5.75 Å². The zero-order chi connectivity index (χ0) is 15.1. The Bertz CT molecular complexity index is 402. The number of ether oxygens (including phenoxy) is 1. The summed E-state index contributed by atoms with van der Waals surface area (Å²) in [6.07, 6.45) is 1.88. The minimum Gasteiger partial charge on any atom is -0.491 e. The van der Waals surface area contributed by atoms with E-state index in [-0.39, 0.29) is 0 Å². The van der Waals surface area contributed by atoms with Crippen LogP contribution in [0.15, 0.2) is 24.3 Å². The van der Waals surface area contributed by atoms with E-state index in [1.165, 1.54) is 12.0 Å². The van der Waals surface area contributed by atoms with Gasteiger partial charge in [0.15, 0.2) is 0 Å². The number of hydrogen-bond acceptors (Lipinski definition) is 5. The number of likely N-dealkylation sites (N-methyl/N-ethyl adjacent to an activating group) is 1. The first-order valence-electron chi connectivity index (χ1n) is 7.56. The molecule has 1 unspecified atom stereocenters. The summed E-state index contributed by atoms with van der Waals surface area (Å²) in [5.74, 6) is 0.788. The standard InChI is InChI=1S/C16H26N2O3/c1-17(2)12-15(19)13-20-16-7-5-14(6-8-16)11-18-9-3-4-10-21-18/h5-8,15,19H,3-4,9-13H2,1-2H3. The summed E-state index contributed by atoms with van der Waals surface area (Å²) in [7, 11) is 3.86. The molecule has 1 aliphatic rings. The Morgan fingerprint density at radius 1 is 1.29 bits per heavy atom. The molecule has 0 amide bonds. The number of benzene rings is 1. The molecular weight excluding hydrogens is 268 g/mol. The van der Waals surface area contributed by atoms with Gasteiger partial charge in [-0.25, -0.2) is 0 Å². The van der Waals surface area contributed by atoms with Gasteiger partial charge in [0.1, 0.15) is 18.5 Å². The van der Waals surface area contributed by atoms with Crippen molar-refractivity contribution in [1.82, 2.24) is 9.96 Å². The molecule has 0 radical (unpaired) electrons. The molecule has 1 fully saturated rings. The Morgan fingerprint density at radius 3 is 2.67 bits per heavy atom. The van der Waals surface area contributed by atoms with E-state index >= 15 is 0 Å². The van der Waals surface area contributed by atoms with Crippen LogP contribution in [0.25, 0.3) is 0 Å². The first kappa shape index (κ1) is 16.2. The summed E-state index contributed by atoms with van der Waals surface area (Å²) in [6, 6.07) is 7.99. The number of nitrogens with zero attached hydrogens (tertiary/aromatic N) is 2. The highest BCUT2D eigenvalue weighted by atomic mass is 16.7. The molecule has 1 aromatic carbocycles. The average molecular weight is 294 g/mol. The number of hydroxylamine groups is 2. The quantitative estimate of drug-likeness (QED) is 0.826. The van der Waals surface area contributed by atoms with Gasteiger partial charge in [-0.3, -0.25) is 4.84 Å². The first-order chi connectivity index (χ1) is 10.1. The summed E-state index contributed by atoms with van der Waals surface area (Å²) < 4.78 is 5.59. The van der Waals surface area contributed by atoms with Gasteiger partial charge in [0.05, 0.1) is 6.61 Å². The van der Waals surface area contributed by atoms with Gasteiger partial charge in [0.2, 0.25) is 0 Å². The van der Waals surface area contributed by atoms with Gasteiger partial charge in [0, 0.05) is 19.6 Å². The van der Waals surface area contributed by atoms with Crippen molar-refractivity contribution in [3.05, 3.63) is 29.8 Å². The molecule has 1 aromatic rings. The van der Waals surface area contributed by atoms with Gasteiger partial charge in [-0.05, 0) is 44.6 Å². The summed E-state index contributed by atoms with van der Waals surface area (Å²) in [4.78, 5) is 7.53. The predicted octanol–water partition coefficient (Wildman–Crippen LogP) is 1.52. The third kappa shape index (κ3) is 6.01. The predicted molar refractivity (Wildman–Crippen MR) is 82.1 cm³/mol. The van der Waals surface area contributed by atoms with Gasteiger partial charge < -0.3 is 14.7 Å². The van der Waals surface area contributed by atoms with Crippen LogP contribution in [0.1, 0.15) is 18.4 Å². The van der Waals surface area contributed by atoms with Crippen LogP contribution >= 0.6 is 0 Å². The van der Waals surface area contributed by atoms with Gasteiger partial charge in [0.25, 0.3) is 0 Å². The third-order valence-corrected chi connectivity index (χ3v) is 3.38. The highest BCUT2D eigenvalue weighted by Crippen LogP contribution is 2.16. The van der Waals surface area contributed by atoms with Gasteiger partial charge in [-0.2, -0.15) is 5.06 Å². The SMILES string of the molecule is CN(C)CC(O)COc1ccc(CN2CCCCO2)cc1. The van der Waals surface area contributed by atoms with Crippen LogP contribution in [0.5, 0.6) is 5.75 Å². The number of aliphatic hydroxyl groups excluding tert-OH is 1. The summed E-state index contributed by atoms with van der Waals surface area (Å²) in [5, 5.41) is 11.8. The minimum atomic E-state index is -0.471. The fourth-order valence-electron chi connectivity index (χ4n) is 2.33. The first-order valence-corrected chi connectivity index (χ1v) is 7.56. The molecule has 0 bridgehead atoms. The lowest BCUT2D eigenvalue weighted by molar-refractivity contribution is -0.187. The number of hydrogen-bond donors (Lipinski definition) is 1. The summed E-state index contributed by atoms with van der Waals surface area (Å²) >= 11 is 0. The molecule has 0 aliphatic carbocycles. The largest absolute Gasteiger partial charge is 0.491 e.